The van der Waals surface area contributed by atoms with Crippen LogP contribution in [0.25, 0.3) is 21.1 Å². The number of nitrogens with zero attached hydrogens (tertiary/aromatic N) is 5. The zero-order valence-electron chi connectivity index (χ0n) is 20.6. The van der Waals surface area contributed by atoms with Gasteiger partial charge in [-0.2, -0.15) is 13.2 Å². The fraction of sp³-hybridized carbons (Fsp3) is 0.458. The normalized spacial score (nSPS) is 17.9. The Kier molecular flexibility index (Phi) is 7.33. The summed E-state index contributed by atoms with van der Waals surface area (Å²) in [5.41, 5.74) is 0.0855. The molecule has 2 aliphatic rings. The fourth-order valence-corrected chi connectivity index (χ4v) is 6.35. The summed E-state index contributed by atoms with van der Waals surface area (Å²) in [6.45, 7) is 3.40. The number of piperidine rings is 1. The summed E-state index contributed by atoms with van der Waals surface area (Å²) in [5, 5.41) is 13.7. The minimum Gasteiger partial charge on any atom is -0.507 e. The van der Waals surface area contributed by atoms with E-state index in [4.69, 9.17) is 0 Å². The van der Waals surface area contributed by atoms with E-state index >= 15 is 0 Å². The standard InChI is InChI=1S/C24H27F3N6O3S2/c1-38(35,36)33-9-5-16(6-10-33)30-23-29-12-18(24(25,26)27)21(31-23)22-28-13-20(37-22)17-4-3-15(11-19(17)34)14-32-7-2-8-32/h3-4,11-13,16,34H,2,5-10,14H2,1H3,(H,29,30,31). The van der Waals surface area contributed by atoms with Gasteiger partial charge in [-0.25, -0.2) is 27.7 Å². The quantitative estimate of drug-likeness (QED) is 0.440. The molecular formula is C24H27F3N6O3S2. The molecule has 0 spiro atoms. The second-order valence-corrected chi connectivity index (χ2v) is 12.6. The first kappa shape index (κ1) is 26.8. The molecule has 4 heterocycles. The molecule has 0 radical (unpaired) electrons. The summed E-state index contributed by atoms with van der Waals surface area (Å²) in [6, 6.07) is 5.14. The van der Waals surface area contributed by atoms with Gasteiger partial charge in [0.2, 0.25) is 16.0 Å². The van der Waals surface area contributed by atoms with E-state index in [9.17, 15) is 26.7 Å². The lowest BCUT2D eigenvalue weighted by atomic mass is 10.1. The number of thiazole rings is 1. The number of alkyl halides is 3. The van der Waals surface area contributed by atoms with E-state index in [0.29, 0.717) is 36.4 Å². The van der Waals surface area contributed by atoms with Crippen LogP contribution in [-0.4, -0.2) is 76.2 Å². The van der Waals surface area contributed by atoms with E-state index < -0.39 is 21.8 Å². The molecule has 2 aliphatic heterocycles. The fourth-order valence-electron chi connectivity index (χ4n) is 4.53. The molecule has 0 atom stereocenters. The minimum atomic E-state index is -4.69. The van der Waals surface area contributed by atoms with Crippen LogP contribution in [0.4, 0.5) is 19.1 Å². The number of phenolic OH excluding ortho intramolecular Hbond substituents is 1. The minimum absolute atomic E-state index is 0.0146. The number of phenols is 1. The van der Waals surface area contributed by atoms with Crippen LogP contribution >= 0.6 is 11.3 Å². The monoisotopic (exact) mass is 568 g/mol. The van der Waals surface area contributed by atoms with Crippen LogP contribution in [0, 0.1) is 0 Å². The predicted molar refractivity (Wildman–Crippen MR) is 138 cm³/mol. The van der Waals surface area contributed by atoms with Gasteiger partial charge in [-0.1, -0.05) is 6.07 Å². The van der Waals surface area contributed by atoms with Crippen LogP contribution in [-0.2, 0) is 22.7 Å². The average molecular weight is 569 g/mol. The molecule has 3 aromatic rings. The van der Waals surface area contributed by atoms with Crippen molar-refractivity contribution in [1.29, 1.82) is 0 Å². The van der Waals surface area contributed by atoms with Gasteiger partial charge in [-0.3, -0.25) is 4.90 Å². The SMILES string of the molecule is CS(=O)(=O)N1CCC(Nc2ncc(C(F)(F)F)c(-c3ncc(-c4ccc(CN5CCC5)cc4O)s3)n2)CC1. The van der Waals surface area contributed by atoms with Crippen molar-refractivity contribution in [2.45, 2.75) is 38.0 Å². The largest absolute Gasteiger partial charge is 0.507 e. The number of rotatable bonds is 7. The number of aromatic hydroxyl groups is 1. The third-order valence-corrected chi connectivity index (χ3v) is 9.08. The molecule has 14 heteroatoms. The van der Waals surface area contributed by atoms with E-state index in [-0.39, 0.29) is 28.4 Å². The molecular weight excluding hydrogens is 541 g/mol. The third kappa shape index (κ3) is 5.92. The topological polar surface area (TPSA) is 112 Å². The van der Waals surface area contributed by atoms with Gasteiger partial charge < -0.3 is 10.4 Å². The summed E-state index contributed by atoms with van der Waals surface area (Å²) in [7, 11) is -3.29. The molecule has 2 aromatic heterocycles. The maximum atomic E-state index is 13.8. The smallest absolute Gasteiger partial charge is 0.420 e. The van der Waals surface area contributed by atoms with Gasteiger partial charge in [-0.05, 0) is 50.0 Å². The second kappa shape index (κ2) is 10.4. The number of halogens is 3. The highest BCUT2D eigenvalue weighted by atomic mass is 32.2. The van der Waals surface area contributed by atoms with E-state index in [1.54, 1.807) is 12.1 Å². The summed E-state index contributed by atoms with van der Waals surface area (Å²) >= 11 is 1.00. The molecule has 5 rings (SSSR count). The molecule has 1 aromatic carbocycles. The van der Waals surface area contributed by atoms with Crippen LogP contribution in [0.2, 0.25) is 0 Å². The molecule has 2 saturated heterocycles. The number of hydrogen-bond donors (Lipinski definition) is 2. The van der Waals surface area contributed by atoms with Crippen LogP contribution in [0.5, 0.6) is 5.75 Å². The molecule has 9 nitrogen and oxygen atoms in total. The Hall–Kier alpha value is -2.81. The Balaban J connectivity index is 1.38. The maximum absolute atomic E-state index is 13.8. The Labute approximate surface area is 222 Å². The Morgan fingerprint density at radius 3 is 2.47 bits per heavy atom. The van der Waals surface area contributed by atoms with E-state index in [1.807, 2.05) is 6.07 Å². The molecule has 0 unspecified atom stereocenters. The van der Waals surface area contributed by atoms with Crippen molar-refractivity contribution < 1.29 is 26.7 Å². The molecule has 2 N–H and O–H groups in total. The van der Waals surface area contributed by atoms with Gasteiger partial charge in [0.1, 0.15) is 22.0 Å². The van der Waals surface area contributed by atoms with Gasteiger partial charge in [0.25, 0.3) is 0 Å². The summed E-state index contributed by atoms with van der Waals surface area (Å²) in [4.78, 5) is 15.0. The number of nitrogens with one attached hydrogen (secondary N) is 1. The van der Waals surface area contributed by atoms with Crippen molar-refractivity contribution in [2.75, 3.05) is 37.8 Å². The first-order chi connectivity index (χ1) is 18.0. The number of sulfonamides is 1. The molecule has 0 amide bonds. The molecule has 38 heavy (non-hydrogen) atoms. The van der Waals surface area contributed by atoms with E-state index in [2.05, 4.69) is 25.2 Å². The van der Waals surface area contributed by atoms with Crippen molar-refractivity contribution >= 4 is 27.3 Å². The van der Waals surface area contributed by atoms with Gasteiger partial charge in [0, 0.05) is 43.6 Å². The zero-order valence-corrected chi connectivity index (χ0v) is 22.2. The lowest BCUT2D eigenvalue weighted by Crippen LogP contribution is -2.42. The Bertz CT molecular complexity index is 1420. The van der Waals surface area contributed by atoms with Gasteiger partial charge in [0.15, 0.2) is 0 Å². The molecule has 204 valence electrons. The summed E-state index contributed by atoms with van der Waals surface area (Å²) in [6.07, 6.45) is 0.732. The highest BCUT2D eigenvalue weighted by Gasteiger charge is 2.37. The van der Waals surface area contributed by atoms with Crippen LogP contribution in [0.15, 0.2) is 30.6 Å². The first-order valence-corrected chi connectivity index (χ1v) is 14.8. The van der Waals surface area contributed by atoms with Crippen LogP contribution < -0.4 is 5.32 Å². The highest BCUT2D eigenvalue weighted by molar-refractivity contribution is 7.88. The third-order valence-electron chi connectivity index (χ3n) is 6.74. The molecule has 2 fully saturated rings. The summed E-state index contributed by atoms with van der Waals surface area (Å²) < 4.78 is 66.3. The first-order valence-electron chi connectivity index (χ1n) is 12.1. The highest BCUT2D eigenvalue weighted by Crippen LogP contribution is 2.41. The Morgan fingerprint density at radius 1 is 1.13 bits per heavy atom. The predicted octanol–water partition coefficient (Wildman–Crippen LogP) is 4.03. The van der Waals surface area contributed by atoms with Gasteiger partial charge in [0.05, 0.1) is 11.1 Å². The van der Waals surface area contributed by atoms with E-state index in [0.717, 1.165) is 55.4 Å². The lowest BCUT2D eigenvalue weighted by Gasteiger charge is -2.30. The second-order valence-electron chi connectivity index (χ2n) is 9.55. The number of hydrogen-bond acceptors (Lipinski definition) is 9. The Morgan fingerprint density at radius 2 is 1.87 bits per heavy atom. The molecule has 0 aliphatic carbocycles. The van der Waals surface area contributed by atoms with Crippen molar-refractivity contribution in [3.8, 4) is 26.9 Å². The lowest BCUT2D eigenvalue weighted by molar-refractivity contribution is -0.137. The zero-order chi connectivity index (χ0) is 27.1. The van der Waals surface area contributed by atoms with Crippen molar-refractivity contribution in [3.63, 3.8) is 0 Å². The maximum Gasteiger partial charge on any atom is 0.420 e. The van der Waals surface area contributed by atoms with Gasteiger partial charge in [-0.15, -0.1) is 11.3 Å². The summed E-state index contributed by atoms with van der Waals surface area (Å²) in [5.74, 6) is 0.0560. The van der Waals surface area contributed by atoms with Crippen molar-refractivity contribution in [2.24, 2.45) is 0 Å². The van der Waals surface area contributed by atoms with E-state index in [1.165, 1.54) is 10.5 Å². The number of anilines is 1. The molecule has 0 saturated carbocycles. The molecule has 0 bridgehead atoms. The number of likely N-dealkylation sites (tertiary alicyclic amines) is 1. The van der Waals surface area contributed by atoms with Crippen molar-refractivity contribution in [3.05, 3.63) is 41.7 Å². The average Bonchev–Trinajstić information content (AvgIpc) is 3.30. The van der Waals surface area contributed by atoms with Crippen LogP contribution in [0.1, 0.15) is 30.4 Å². The van der Waals surface area contributed by atoms with Gasteiger partial charge >= 0.3 is 6.18 Å². The van der Waals surface area contributed by atoms with Crippen molar-refractivity contribution in [1.82, 2.24) is 24.2 Å². The number of benzene rings is 1. The van der Waals surface area contributed by atoms with Crippen LogP contribution in [0.3, 0.4) is 0 Å². The number of aromatic nitrogens is 3.